The predicted molar refractivity (Wildman–Crippen MR) is 79.6 cm³/mol. The molecule has 0 atom stereocenters. The fourth-order valence-electron chi connectivity index (χ4n) is 1.58. The van der Waals surface area contributed by atoms with Crippen molar-refractivity contribution in [1.29, 1.82) is 5.26 Å². The van der Waals surface area contributed by atoms with E-state index in [1.165, 1.54) is 4.68 Å². The molecule has 0 aliphatic heterocycles. The normalized spacial score (nSPS) is 10.7. The van der Waals surface area contributed by atoms with E-state index in [0.29, 0.717) is 11.7 Å². The summed E-state index contributed by atoms with van der Waals surface area (Å²) in [6.07, 6.45) is 3.33. The molecule has 0 aliphatic rings. The van der Waals surface area contributed by atoms with E-state index in [2.05, 4.69) is 26.0 Å². The highest BCUT2D eigenvalue weighted by Crippen LogP contribution is 2.22. The molecule has 1 aromatic carbocycles. The van der Waals surface area contributed by atoms with E-state index in [0.717, 1.165) is 15.7 Å². The van der Waals surface area contributed by atoms with Crippen LogP contribution in [-0.2, 0) is 0 Å². The van der Waals surface area contributed by atoms with E-state index < -0.39 is 0 Å². The lowest BCUT2D eigenvalue weighted by Gasteiger charge is -2.06. The lowest BCUT2D eigenvalue weighted by molar-refractivity contribution is 0.367. The summed E-state index contributed by atoms with van der Waals surface area (Å²) in [5, 5.41) is 12.8. The van der Waals surface area contributed by atoms with Gasteiger partial charge in [-0.05, 0) is 25.1 Å². The number of hydrogen-bond acceptors (Lipinski definition) is 5. The molecule has 0 saturated heterocycles. The number of ether oxygens (including phenoxy) is 1. The summed E-state index contributed by atoms with van der Waals surface area (Å²) < 4.78 is 7.70. The highest BCUT2D eigenvalue weighted by Gasteiger charge is 2.04. The summed E-state index contributed by atoms with van der Waals surface area (Å²) in [6, 6.07) is 7.38. The molecular weight excluding hydrogens is 322 g/mol. The number of nitriles is 1. The Morgan fingerprint density at radius 2 is 2.40 bits per heavy atom. The van der Waals surface area contributed by atoms with Crippen molar-refractivity contribution in [3.8, 4) is 11.8 Å². The van der Waals surface area contributed by atoms with Crippen LogP contribution >= 0.6 is 15.9 Å². The van der Waals surface area contributed by atoms with Gasteiger partial charge in [0.15, 0.2) is 6.61 Å². The monoisotopic (exact) mass is 333 g/mol. The minimum atomic E-state index is -0.0191. The van der Waals surface area contributed by atoms with Gasteiger partial charge in [0.1, 0.15) is 11.8 Å². The molecule has 0 saturated carbocycles. The van der Waals surface area contributed by atoms with Crippen LogP contribution in [0, 0.1) is 18.3 Å². The molecule has 20 heavy (non-hydrogen) atoms. The molecular formula is C13H12BrN5O. The Labute approximate surface area is 124 Å². The summed E-state index contributed by atoms with van der Waals surface area (Å²) in [5.74, 6) is 0.891. The molecule has 0 bridgehead atoms. The predicted octanol–water partition coefficient (Wildman–Crippen LogP) is 2.32. The van der Waals surface area contributed by atoms with Gasteiger partial charge in [0.05, 0.1) is 18.1 Å². The molecule has 0 spiro atoms. The van der Waals surface area contributed by atoms with Crippen LogP contribution in [0.2, 0.25) is 0 Å². The summed E-state index contributed by atoms with van der Waals surface area (Å²) in [5.41, 5.74) is 7.23. The first kappa shape index (κ1) is 14.1. The van der Waals surface area contributed by atoms with E-state index in [4.69, 9.17) is 15.7 Å². The molecule has 102 valence electrons. The van der Waals surface area contributed by atoms with Gasteiger partial charge in [-0.2, -0.15) is 10.4 Å². The number of aromatic nitrogens is 2. The van der Waals surface area contributed by atoms with Gasteiger partial charge in [0.2, 0.25) is 5.95 Å². The third-order valence-electron chi connectivity index (χ3n) is 2.42. The first-order chi connectivity index (χ1) is 9.60. The van der Waals surface area contributed by atoms with Crippen LogP contribution < -0.4 is 10.5 Å². The first-order valence-electron chi connectivity index (χ1n) is 5.75. The number of anilines is 1. The molecule has 2 N–H and O–H groups in total. The number of hydrogen-bond donors (Lipinski definition) is 1. The van der Waals surface area contributed by atoms with Gasteiger partial charge in [0.25, 0.3) is 0 Å². The van der Waals surface area contributed by atoms with Gasteiger partial charge >= 0.3 is 0 Å². The number of nitrogens with two attached hydrogens (primary N) is 1. The Morgan fingerprint density at radius 1 is 1.60 bits per heavy atom. The number of halogens is 1. The van der Waals surface area contributed by atoms with Crippen molar-refractivity contribution in [2.75, 3.05) is 12.3 Å². The van der Waals surface area contributed by atoms with Gasteiger partial charge < -0.3 is 10.5 Å². The van der Waals surface area contributed by atoms with Crippen molar-refractivity contribution >= 4 is 28.1 Å². The topological polar surface area (TPSA) is 89.2 Å². The maximum absolute atomic E-state index is 8.57. The molecule has 2 rings (SSSR count). The van der Waals surface area contributed by atoms with Gasteiger partial charge in [-0.25, -0.2) is 9.66 Å². The molecule has 0 amide bonds. The summed E-state index contributed by atoms with van der Waals surface area (Å²) in [4.78, 5) is 4.06. The van der Waals surface area contributed by atoms with Gasteiger partial charge in [0, 0.05) is 10.0 Å². The zero-order chi connectivity index (χ0) is 14.5. The summed E-state index contributed by atoms with van der Waals surface area (Å²) in [7, 11) is 0. The smallest absolute Gasteiger partial charge is 0.221 e. The van der Waals surface area contributed by atoms with Crippen molar-refractivity contribution in [2.45, 2.75) is 6.92 Å². The minimum Gasteiger partial charge on any atom is -0.478 e. The van der Waals surface area contributed by atoms with Crippen molar-refractivity contribution in [3.63, 3.8) is 0 Å². The van der Waals surface area contributed by atoms with Gasteiger partial charge in [-0.3, -0.25) is 0 Å². The van der Waals surface area contributed by atoms with Crippen LogP contribution in [0.3, 0.4) is 0 Å². The molecule has 6 nitrogen and oxygen atoms in total. The second-order valence-electron chi connectivity index (χ2n) is 3.96. The maximum Gasteiger partial charge on any atom is 0.221 e. The number of nitrogens with zero attached hydrogens (tertiary/aromatic N) is 4. The van der Waals surface area contributed by atoms with Crippen LogP contribution in [-0.4, -0.2) is 22.5 Å². The van der Waals surface area contributed by atoms with Crippen molar-refractivity contribution < 1.29 is 4.74 Å². The van der Waals surface area contributed by atoms with E-state index in [1.807, 2.05) is 25.1 Å². The van der Waals surface area contributed by atoms with Gasteiger partial charge in [-0.15, -0.1) is 0 Å². The molecule has 0 unspecified atom stereocenters. The fourth-order valence-corrected chi connectivity index (χ4v) is 1.96. The highest BCUT2D eigenvalue weighted by molar-refractivity contribution is 9.10. The summed E-state index contributed by atoms with van der Waals surface area (Å²) >= 11 is 3.38. The quantitative estimate of drug-likeness (QED) is 0.869. The second kappa shape index (κ2) is 6.21. The Morgan fingerprint density at radius 3 is 3.05 bits per heavy atom. The standard InChI is InChI=1S/C13H12BrN5O/c1-9-8-19(13(16)18-9)17-7-10-6-11(14)2-3-12(10)20-5-4-15/h2-3,6-8H,5H2,1H3,(H2,16,18). The molecule has 2 aromatic rings. The van der Waals surface area contributed by atoms with Crippen molar-refractivity contribution in [2.24, 2.45) is 5.10 Å². The number of benzene rings is 1. The van der Waals surface area contributed by atoms with E-state index in [1.54, 1.807) is 18.5 Å². The average Bonchev–Trinajstić information content (AvgIpc) is 2.73. The van der Waals surface area contributed by atoms with E-state index in [9.17, 15) is 0 Å². The number of nitrogen functional groups attached to an aromatic ring is 1. The SMILES string of the molecule is Cc1cn(N=Cc2cc(Br)ccc2OCC#N)c(N)n1. The van der Waals surface area contributed by atoms with E-state index >= 15 is 0 Å². The lowest BCUT2D eigenvalue weighted by atomic mass is 10.2. The number of aryl methyl sites for hydroxylation is 1. The molecule has 1 aromatic heterocycles. The summed E-state index contributed by atoms with van der Waals surface area (Å²) in [6.45, 7) is 1.82. The Balaban J connectivity index is 2.30. The van der Waals surface area contributed by atoms with E-state index in [-0.39, 0.29) is 6.61 Å². The lowest BCUT2D eigenvalue weighted by Crippen LogP contribution is -2.00. The molecule has 0 aliphatic carbocycles. The molecule has 0 radical (unpaired) electrons. The van der Waals surface area contributed by atoms with Crippen molar-refractivity contribution in [3.05, 3.63) is 40.1 Å². The fraction of sp³-hybridized carbons (Fsp3) is 0.154. The van der Waals surface area contributed by atoms with Crippen LogP contribution in [0.5, 0.6) is 5.75 Å². The Bertz CT molecular complexity index is 687. The average molecular weight is 334 g/mol. The minimum absolute atomic E-state index is 0.0191. The second-order valence-corrected chi connectivity index (χ2v) is 4.87. The molecule has 7 heteroatoms. The molecule has 0 fully saturated rings. The third kappa shape index (κ3) is 3.36. The highest BCUT2D eigenvalue weighted by atomic mass is 79.9. The number of rotatable bonds is 4. The van der Waals surface area contributed by atoms with Gasteiger partial charge in [-0.1, -0.05) is 15.9 Å². The zero-order valence-electron chi connectivity index (χ0n) is 10.7. The first-order valence-corrected chi connectivity index (χ1v) is 6.54. The maximum atomic E-state index is 8.57. The van der Waals surface area contributed by atoms with Crippen LogP contribution in [0.4, 0.5) is 5.95 Å². The van der Waals surface area contributed by atoms with Crippen LogP contribution in [0.25, 0.3) is 0 Å². The van der Waals surface area contributed by atoms with Crippen LogP contribution in [0.1, 0.15) is 11.3 Å². The zero-order valence-corrected chi connectivity index (χ0v) is 12.3. The Hall–Kier alpha value is -2.33. The van der Waals surface area contributed by atoms with Crippen LogP contribution in [0.15, 0.2) is 34.0 Å². The van der Waals surface area contributed by atoms with Crippen molar-refractivity contribution in [1.82, 2.24) is 9.66 Å². The largest absolute Gasteiger partial charge is 0.478 e. The Kier molecular flexibility index (Phi) is 4.38. The molecule has 1 heterocycles. The third-order valence-corrected chi connectivity index (χ3v) is 2.91. The number of imidazole rings is 1.